The molecule has 0 radical (unpaired) electrons. The number of hydrogen-bond donors (Lipinski definition) is 2. The van der Waals surface area contributed by atoms with Crippen LogP contribution in [0.2, 0.25) is 0 Å². The number of aryl methyl sites for hydroxylation is 1. The van der Waals surface area contributed by atoms with E-state index in [1.54, 1.807) is 33.5 Å². The van der Waals surface area contributed by atoms with Crippen molar-refractivity contribution in [2.45, 2.75) is 26.7 Å². The van der Waals surface area contributed by atoms with Gasteiger partial charge >= 0.3 is 5.97 Å². The lowest BCUT2D eigenvalue weighted by molar-refractivity contribution is 0.0700. The molecule has 3 aromatic rings. The summed E-state index contributed by atoms with van der Waals surface area (Å²) < 4.78 is 16.2. The lowest BCUT2D eigenvalue weighted by atomic mass is 9.96. The SMILES string of the molecule is COc1cc(Nc2nc(-c3c(C)sc(C(=O)O)c3C(C)C)cs2)cc(OC)c1OC. The first kappa shape index (κ1) is 21.9. The second-order valence-corrected chi connectivity index (χ2v) is 8.90. The predicted molar refractivity (Wildman–Crippen MR) is 121 cm³/mol. The van der Waals surface area contributed by atoms with Gasteiger partial charge in [0.05, 0.1) is 27.0 Å². The van der Waals surface area contributed by atoms with Crippen molar-refractivity contribution in [3.63, 3.8) is 0 Å². The van der Waals surface area contributed by atoms with Gasteiger partial charge in [-0.1, -0.05) is 13.8 Å². The number of aromatic carboxylic acids is 1. The second kappa shape index (κ2) is 8.93. The van der Waals surface area contributed by atoms with E-state index >= 15 is 0 Å². The third-order valence-electron chi connectivity index (χ3n) is 4.57. The second-order valence-electron chi connectivity index (χ2n) is 6.81. The van der Waals surface area contributed by atoms with Gasteiger partial charge in [0.25, 0.3) is 0 Å². The molecule has 2 aromatic heterocycles. The molecule has 0 aliphatic rings. The predicted octanol–water partition coefficient (Wildman–Crippen LogP) is 5.77. The van der Waals surface area contributed by atoms with Crippen LogP contribution in [0.5, 0.6) is 17.2 Å². The quantitative estimate of drug-likeness (QED) is 0.452. The molecule has 30 heavy (non-hydrogen) atoms. The van der Waals surface area contributed by atoms with Gasteiger partial charge in [-0.25, -0.2) is 9.78 Å². The Hall–Kier alpha value is -2.78. The van der Waals surface area contributed by atoms with Gasteiger partial charge in [-0.15, -0.1) is 22.7 Å². The van der Waals surface area contributed by atoms with Crippen molar-refractivity contribution in [3.05, 3.63) is 32.8 Å². The molecule has 160 valence electrons. The van der Waals surface area contributed by atoms with Gasteiger partial charge in [0.15, 0.2) is 16.6 Å². The van der Waals surface area contributed by atoms with Crippen molar-refractivity contribution < 1.29 is 24.1 Å². The fraction of sp³-hybridized carbons (Fsp3) is 0.333. The van der Waals surface area contributed by atoms with Gasteiger partial charge in [-0.05, 0) is 18.4 Å². The normalized spacial score (nSPS) is 10.9. The molecule has 9 heteroatoms. The zero-order valence-electron chi connectivity index (χ0n) is 17.7. The zero-order chi connectivity index (χ0) is 22.0. The summed E-state index contributed by atoms with van der Waals surface area (Å²) in [7, 11) is 4.69. The van der Waals surface area contributed by atoms with Crippen LogP contribution in [-0.2, 0) is 0 Å². The van der Waals surface area contributed by atoms with Gasteiger partial charge < -0.3 is 24.6 Å². The highest BCUT2D eigenvalue weighted by Gasteiger charge is 2.25. The highest BCUT2D eigenvalue weighted by Crippen LogP contribution is 2.43. The number of benzene rings is 1. The monoisotopic (exact) mass is 448 g/mol. The molecule has 1 aromatic carbocycles. The van der Waals surface area contributed by atoms with Crippen LogP contribution in [0.3, 0.4) is 0 Å². The molecule has 2 heterocycles. The fourth-order valence-corrected chi connectivity index (χ4v) is 5.19. The van der Waals surface area contributed by atoms with Crippen molar-refractivity contribution in [3.8, 4) is 28.5 Å². The first-order valence-electron chi connectivity index (χ1n) is 9.20. The molecule has 0 spiro atoms. The van der Waals surface area contributed by atoms with E-state index in [0.29, 0.717) is 27.3 Å². The smallest absolute Gasteiger partial charge is 0.346 e. The average Bonchev–Trinajstić information content (AvgIpc) is 3.30. The maximum atomic E-state index is 11.7. The summed E-state index contributed by atoms with van der Waals surface area (Å²) in [5.74, 6) is 0.770. The van der Waals surface area contributed by atoms with Crippen molar-refractivity contribution in [1.29, 1.82) is 0 Å². The number of carboxylic acid groups (broad SMARTS) is 1. The maximum absolute atomic E-state index is 11.7. The first-order valence-corrected chi connectivity index (χ1v) is 10.9. The van der Waals surface area contributed by atoms with Crippen molar-refractivity contribution in [2.75, 3.05) is 26.6 Å². The van der Waals surface area contributed by atoms with Crippen LogP contribution in [-0.4, -0.2) is 37.4 Å². The molecule has 2 N–H and O–H groups in total. The molecule has 0 saturated carbocycles. The molecule has 0 atom stereocenters. The number of carboxylic acids is 1. The summed E-state index contributed by atoms with van der Waals surface area (Å²) in [5.41, 5.74) is 3.24. The van der Waals surface area contributed by atoms with E-state index in [0.717, 1.165) is 27.4 Å². The Balaban J connectivity index is 1.98. The number of hydrogen-bond acceptors (Lipinski definition) is 8. The van der Waals surface area contributed by atoms with E-state index in [-0.39, 0.29) is 5.92 Å². The van der Waals surface area contributed by atoms with Crippen molar-refractivity contribution in [1.82, 2.24) is 4.98 Å². The maximum Gasteiger partial charge on any atom is 0.346 e. The van der Waals surface area contributed by atoms with Crippen LogP contribution in [0.25, 0.3) is 11.3 Å². The third kappa shape index (κ3) is 4.08. The minimum Gasteiger partial charge on any atom is -0.493 e. The van der Waals surface area contributed by atoms with Gasteiger partial charge in [0, 0.05) is 33.6 Å². The first-order chi connectivity index (χ1) is 14.3. The minimum atomic E-state index is -0.899. The Morgan fingerprint density at radius 1 is 1.13 bits per heavy atom. The molecule has 0 amide bonds. The van der Waals surface area contributed by atoms with Gasteiger partial charge in [0.1, 0.15) is 4.88 Å². The molecule has 0 bridgehead atoms. The highest BCUT2D eigenvalue weighted by molar-refractivity contribution is 7.15. The molecule has 0 saturated heterocycles. The number of nitrogens with zero attached hydrogens (tertiary/aromatic N) is 1. The number of methoxy groups -OCH3 is 3. The van der Waals surface area contributed by atoms with Crippen LogP contribution >= 0.6 is 22.7 Å². The Morgan fingerprint density at radius 3 is 2.27 bits per heavy atom. The van der Waals surface area contributed by atoms with E-state index in [4.69, 9.17) is 19.2 Å². The Kier molecular flexibility index (Phi) is 6.52. The van der Waals surface area contributed by atoms with E-state index in [2.05, 4.69) is 5.32 Å². The molecule has 0 unspecified atom stereocenters. The summed E-state index contributed by atoms with van der Waals surface area (Å²) in [5, 5.41) is 15.5. The topological polar surface area (TPSA) is 89.9 Å². The lowest BCUT2D eigenvalue weighted by Crippen LogP contribution is -2.01. The molecule has 0 fully saturated rings. The van der Waals surface area contributed by atoms with Crippen LogP contribution in [0.4, 0.5) is 10.8 Å². The van der Waals surface area contributed by atoms with E-state index < -0.39 is 5.97 Å². The summed E-state index contributed by atoms with van der Waals surface area (Å²) in [6.45, 7) is 5.93. The summed E-state index contributed by atoms with van der Waals surface area (Å²) in [4.78, 5) is 17.7. The molecule has 3 rings (SSSR count). The number of rotatable bonds is 8. The lowest BCUT2D eigenvalue weighted by Gasteiger charge is -2.14. The summed E-state index contributed by atoms with van der Waals surface area (Å²) in [6.07, 6.45) is 0. The van der Waals surface area contributed by atoms with Crippen molar-refractivity contribution in [2.24, 2.45) is 0 Å². The average molecular weight is 449 g/mol. The van der Waals surface area contributed by atoms with Crippen molar-refractivity contribution >= 4 is 39.5 Å². The third-order valence-corrected chi connectivity index (χ3v) is 6.44. The summed E-state index contributed by atoms with van der Waals surface area (Å²) >= 11 is 2.74. The number of thiophene rings is 1. The number of thiazole rings is 1. The number of carbonyl (C=O) groups is 1. The standard InChI is InChI=1S/C21H24N2O5S2/c1-10(2)16-17(11(3)30-19(16)20(24)25)13-9-29-21(23-13)22-12-7-14(26-4)18(28-6)15(8-12)27-5/h7-10H,1-6H3,(H,22,23)(H,24,25). The van der Waals surface area contributed by atoms with Gasteiger partial charge in [-0.3, -0.25) is 0 Å². The van der Waals surface area contributed by atoms with Crippen LogP contribution < -0.4 is 19.5 Å². The van der Waals surface area contributed by atoms with E-state index in [9.17, 15) is 9.90 Å². The molecule has 0 aliphatic carbocycles. The summed E-state index contributed by atoms with van der Waals surface area (Å²) in [6, 6.07) is 3.61. The van der Waals surface area contributed by atoms with Crippen LogP contribution in [0.1, 0.15) is 39.9 Å². The molecule has 7 nitrogen and oxygen atoms in total. The molecule has 0 aliphatic heterocycles. The molecular formula is C21H24N2O5S2. The number of anilines is 2. The number of nitrogens with one attached hydrogen (secondary N) is 1. The minimum absolute atomic E-state index is 0.0734. The number of ether oxygens (including phenoxy) is 3. The highest BCUT2D eigenvalue weighted by atomic mass is 32.1. The zero-order valence-corrected chi connectivity index (χ0v) is 19.3. The Labute approximate surface area is 183 Å². The fourth-order valence-electron chi connectivity index (χ4n) is 3.31. The number of aromatic nitrogens is 1. The van der Waals surface area contributed by atoms with Crippen LogP contribution in [0, 0.1) is 6.92 Å². The largest absolute Gasteiger partial charge is 0.493 e. The van der Waals surface area contributed by atoms with Gasteiger partial charge in [0.2, 0.25) is 5.75 Å². The Morgan fingerprint density at radius 2 is 1.77 bits per heavy atom. The van der Waals surface area contributed by atoms with E-state index in [1.165, 1.54) is 22.7 Å². The molecular weight excluding hydrogens is 424 g/mol. The van der Waals surface area contributed by atoms with Crippen LogP contribution in [0.15, 0.2) is 17.5 Å². The van der Waals surface area contributed by atoms with Gasteiger partial charge in [-0.2, -0.15) is 0 Å². The van der Waals surface area contributed by atoms with E-state index in [1.807, 2.05) is 26.2 Å². The Bertz CT molecular complexity index is 1050.